The molecule has 98 valence electrons. The van der Waals surface area contributed by atoms with Gasteiger partial charge in [0.2, 0.25) is 0 Å². The SMILES string of the molecule is CC(C)(C)c1csc(CC(O)c2sccc2Cl)n1. The molecule has 0 aliphatic heterocycles. The largest absolute Gasteiger partial charge is 0.387 e. The molecule has 0 aromatic carbocycles. The van der Waals surface area contributed by atoms with Crippen molar-refractivity contribution in [2.75, 3.05) is 0 Å². The Balaban J connectivity index is 2.11. The van der Waals surface area contributed by atoms with Gasteiger partial charge < -0.3 is 5.11 Å². The molecule has 5 heteroatoms. The molecule has 0 fully saturated rings. The standard InChI is InChI=1S/C13H16ClNOS2/c1-13(2,3)10-7-18-11(15-10)6-9(16)12-8(14)4-5-17-12/h4-5,7,9,16H,6H2,1-3H3. The van der Waals surface area contributed by atoms with E-state index < -0.39 is 6.10 Å². The molecule has 0 aliphatic rings. The Hall–Kier alpha value is -0.420. The van der Waals surface area contributed by atoms with Crippen LogP contribution in [-0.4, -0.2) is 10.1 Å². The molecule has 0 spiro atoms. The van der Waals surface area contributed by atoms with Gasteiger partial charge in [-0.1, -0.05) is 32.4 Å². The van der Waals surface area contributed by atoms with E-state index in [1.54, 1.807) is 11.3 Å². The first-order valence-corrected chi connectivity index (χ1v) is 7.87. The van der Waals surface area contributed by atoms with Crippen LogP contribution < -0.4 is 0 Å². The smallest absolute Gasteiger partial charge is 0.0960 e. The van der Waals surface area contributed by atoms with E-state index in [4.69, 9.17) is 11.6 Å². The Bertz CT molecular complexity index is 527. The fraction of sp³-hybridized carbons (Fsp3) is 0.462. The molecule has 0 radical (unpaired) electrons. The number of aliphatic hydroxyl groups is 1. The average molecular weight is 302 g/mol. The minimum absolute atomic E-state index is 0.0558. The van der Waals surface area contributed by atoms with Gasteiger partial charge in [0.25, 0.3) is 0 Å². The van der Waals surface area contributed by atoms with Crippen molar-refractivity contribution < 1.29 is 5.11 Å². The summed E-state index contributed by atoms with van der Waals surface area (Å²) in [6.45, 7) is 6.41. The highest BCUT2D eigenvalue weighted by molar-refractivity contribution is 7.10. The average Bonchev–Trinajstić information content (AvgIpc) is 2.85. The zero-order valence-electron chi connectivity index (χ0n) is 10.6. The molecular formula is C13H16ClNOS2. The van der Waals surface area contributed by atoms with Gasteiger partial charge in [-0.05, 0) is 11.4 Å². The van der Waals surface area contributed by atoms with Gasteiger partial charge in [-0.3, -0.25) is 0 Å². The first-order chi connectivity index (χ1) is 8.38. The molecule has 2 aromatic heterocycles. The quantitative estimate of drug-likeness (QED) is 0.909. The lowest BCUT2D eigenvalue weighted by Gasteiger charge is -2.14. The van der Waals surface area contributed by atoms with Crippen LogP contribution in [-0.2, 0) is 11.8 Å². The van der Waals surface area contributed by atoms with Crippen LogP contribution in [0.4, 0.5) is 0 Å². The van der Waals surface area contributed by atoms with E-state index in [1.807, 2.05) is 11.4 Å². The third-order valence-electron chi connectivity index (χ3n) is 2.64. The lowest BCUT2D eigenvalue weighted by molar-refractivity contribution is 0.182. The lowest BCUT2D eigenvalue weighted by Crippen LogP contribution is -2.11. The van der Waals surface area contributed by atoms with Gasteiger partial charge in [-0.15, -0.1) is 22.7 Å². The fourth-order valence-electron chi connectivity index (χ4n) is 1.55. The molecule has 18 heavy (non-hydrogen) atoms. The van der Waals surface area contributed by atoms with Crippen molar-refractivity contribution in [3.05, 3.63) is 37.4 Å². The molecular weight excluding hydrogens is 286 g/mol. The van der Waals surface area contributed by atoms with E-state index >= 15 is 0 Å². The summed E-state index contributed by atoms with van der Waals surface area (Å²) < 4.78 is 0. The van der Waals surface area contributed by atoms with Crippen LogP contribution >= 0.6 is 34.3 Å². The molecule has 0 amide bonds. The topological polar surface area (TPSA) is 33.1 Å². The highest BCUT2D eigenvalue weighted by Crippen LogP contribution is 2.32. The summed E-state index contributed by atoms with van der Waals surface area (Å²) in [4.78, 5) is 5.40. The van der Waals surface area contributed by atoms with Crippen LogP contribution in [0.25, 0.3) is 0 Å². The van der Waals surface area contributed by atoms with Gasteiger partial charge >= 0.3 is 0 Å². The number of hydrogen-bond donors (Lipinski definition) is 1. The van der Waals surface area contributed by atoms with Crippen LogP contribution in [0.2, 0.25) is 5.02 Å². The number of hydrogen-bond acceptors (Lipinski definition) is 4. The summed E-state index contributed by atoms with van der Waals surface area (Å²) >= 11 is 9.09. The summed E-state index contributed by atoms with van der Waals surface area (Å²) in [7, 11) is 0. The molecule has 0 bridgehead atoms. The second-order valence-electron chi connectivity index (χ2n) is 5.23. The third kappa shape index (κ3) is 3.12. The molecule has 2 heterocycles. The zero-order chi connectivity index (χ0) is 13.3. The highest BCUT2D eigenvalue weighted by Gasteiger charge is 2.20. The van der Waals surface area contributed by atoms with E-state index in [9.17, 15) is 5.11 Å². The normalized spacial score (nSPS) is 13.8. The van der Waals surface area contributed by atoms with Crippen molar-refractivity contribution in [1.82, 2.24) is 4.98 Å². The van der Waals surface area contributed by atoms with Crippen LogP contribution in [0.5, 0.6) is 0 Å². The summed E-state index contributed by atoms with van der Waals surface area (Å²) in [6, 6.07) is 1.81. The first-order valence-electron chi connectivity index (χ1n) is 5.74. The van der Waals surface area contributed by atoms with Crippen molar-refractivity contribution in [3.8, 4) is 0 Å². The number of nitrogens with zero attached hydrogens (tertiary/aromatic N) is 1. The van der Waals surface area contributed by atoms with Crippen molar-refractivity contribution in [2.45, 2.75) is 38.7 Å². The summed E-state index contributed by atoms with van der Waals surface area (Å²) in [5, 5.41) is 15.7. The molecule has 1 atom stereocenters. The minimum atomic E-state index is -0.559. The lowest BCUT2D eigenvalue weighted by atomic mass is 9.93. The minimum Gasteiger partial charge on any atom is -0.387 e. The van der Waals surface area contributed by atoms with Crippen molar-refractivity contribution in [1.29, 1.82) is 0 Å². The Morgan fingerprint density at radius 3 is 2.61 bits per heavy atom. The van der Waals surface area contributed by atoms with Gasteiger partial charge in [0.15, 0.2) is 0 Å². The van der Waals surface area contributed by atoms with Crippen molar-refractivity contribution >= 4 is 34.3 Å². The van der Waals surface area contributed by atoms with E-state index in [0.717, 1.165) is 15.6 Å². The predicted molar refractivity (Wildman–Crippen MR) is 78.8 cm³/mol. The molecule has 2 nitrogen and oxygen atoms in total. The highest BCUT2D eigenvalue weighted by atomic mass is 35.5. The van der Waals surface area contributed by atoms with E-state index in [1.165, 1.54) is 11.3 Å². The molecule has 1 unspecified atom stereocenters. The van der Waals surface area contributed by atoms with Gasteiger partial charge in [0.1, 0.15) is 0 Å². The number of halogens is 1. The van der Waals surface area contributed by atoms with Crippen LogP contribution in [0.3, 0.4) is 0 Å². The maximum atomic E-state index is 10.1. The summed E-state index contributed by atoms with van der Waals surface area (Å²) in [5.41, 5.74) is 1.13. The molecule has 1 N–H and O–H groups in total. The van der Waals surface area contributed by atoms with E-state index in [-0.39, 0.29) is 5.41 Å². The van der Waals surface area contributed by atoms with Gasteiger partial charge in [-0.25, -0.2) is 4.98 Å². The van der Waals surface area contributed by atoms with E-state index in [2.05, 4.69) is 31.1 Å². The molecule has 0 saturated heterocycles. The second-order valence-corrected chi connectivity index (χ2v) is 7.53. The van der Waals surface area contributed by atoms with Gasteiger partial charge in [0, 0.05) is 17.2 Å². The van der Waals surface area contributed by atoms with Gasteiger partial charge in [-0.2, -0.15) is 0 Å². The molecule has 2 rings (SSSR count). The predicted octanol–water partition coefficient (Wildman–Crippen LogP) is 4.43. The Labute approximate surface area is 120 Å². The number of thiophene rings is 1. The fourth-order valence-corrected chi connectivity index (χ4v) is 3.78. The van der Waals surface area contributed by atoms with Crippen molar-refractivity contribution in [2.24, 2.45) is 0 Å². The van der Waals surface area contributed by atoms with Crippen LogP contribution in [0.15, 0.2) is 16.8 Å². The third-order valence-corrected chi connectivity index (χ3v) is 4.97. The van der Waals surface area contributed by atoms with E-state index in [0.29, 0.717) is 11.4 Å². The molecule has 0 saturated carbocycles. The molecule has 2 aromatic rings. The monoisotopic (exact) mass is 301 g/mol. The number of thiazole rings is 1. The Morgan fingerprint density at radius 2 is 2.11 bits per heavy atom. The molecule has 0 aliphatic carbocycles. The van der Waals surface area contributed by atoms with Crippen LogP contribution in [0, 0.1) is 0 Å². The zero-order valence-corrected chi connectivity index (χ0v) is 13.0. The maximum absolute atomic E-state index is 10.1. The Kier molecular flexibility index (Phi) is 4.11. The first kappa shape index (κ1) is 14.0. The Morgan fingerprint density at radius 1 is 1.39 bits per heavy atom. The second kappa shape index (κ2) is 5.29. The van der Waals surface area contributed by atoms with Crippen molar-refractivity contribution in [3.63, 3.8) is 0 Å². The number of rotatable bonds is 3. The van der Waals surface area contributed by atoms with Crippen LogP contribution in [0.1, 0.15) is 42.5 Å². The summed E-state index contributed by atoms with van der Waals surface area (Å²) in [6.07, 6.45) is -0.0301. The number of aliphatic hydroxyl groups excluding tert-OH is 1. The maximum Gasteiger partial charge on any atom is 0.0960 e. The summed E-state index contributed by atoms with van der Waals surface area (Å²) in [5.74, 6) is 0. The number of aromatic nitrogens is 1. The van der Waals surface area contributed by atoms with Gasteiger partial charge in [0.05, 0.1) is 26.7 Å².